The lowest BCUT2D eigenvalue weighted by Gasteiger charge is -2.21. The van der Waals surface area contributed by atoms with E-state index in [1.165, 1.54) is 0 Å². The molecular weight excluding hydrogens is 524 g/mol. The van der Waals surface area contributed by atoms with Crippen molar-refractivity contribution < 1.29 is 14.3 Å². The lowest BCUT2D eigenvalue weighted by molar-refractivity contribution is -0.122. The Balaban J connectivity index is 1.46. The molecule has 0 saturated carbocycles. The molecule has 2 atom stereocenters. The number of nitrogens with two attached hydrogens (primary N) is 1. The van der Waals surface area contributed by atoms with Crippen LogP contribution in [-0.2, 0) is 4.79 Å². The topological polar surface area (TPSA) is 106 Å². The molecule has 7 heteroatoms. The van der Waals surface area contributed by atoms with Crippen LogP contribution < -0.4 is 21.1 Å². The summed E-state index contributed by atoms with van der Waals surface area (Å²) in [7, 11) is 0. The molecule has 212 valence electrons. The van der Waals surface area contributed by atoms with E-state index in [1.54, 1.807) is 0 Å². The number of ether oxygens (including phenoxy) is 1. The molecule has 0 fully saturated rings. The van der Waals surface area contributed by atoms with E-state index in [2.05, 4.69) is 10.6 Å². The second-order valence-electron chi connectivity index (χ2n) is 9.92. The minimum absolute atomic E-state index is 0.114. The number of nitrogens with zero attached hydrogens (tertiary/aromatic N) is 1. The lowest BCUT2D eigenvalue weighted by Crippen LogP contribution is -2.36. The normalized spacial score (nSPS) is 12.3. The summed E-state index contributed by atoms with van der Waals surface area (Å²) in [6.45, 7) is 2.35. The number of carbonyl (C=O) groups excluding carboxylic acids is 2. The highest BCUT2D eigenvalue weighted by Crippen LogP contribution is 2.37. The van der Waals surface area contributed by atoms with Crippen molar-refractivity contribution in [1.29, 1.82) is 0 Å². The van der Waals surface area contributed by atoms with Crippen LogP contribution in [0.1, 0.15) is 46.9 Å². The monoisotopic (exact) mass is 558 g/mol. The number of amides is 2. The van der Waals surface area contributed by atoms with Gasteiger partial charge < -0.3 is 21.1 Å². The van der Waals surface area contributed by atoms with Crippen molar-refractivity contribution in [1.82, 2.24) is 15.6 Å². The van der Waals surface area contributed by atoms with E-state index in [0.717, 1.165) is 16.7 Å². The fourth-order valence-corrected chi connectivity index (χ4v) is 4.94. The molecule has 0 bridgehead atoms. The molecular formula is C35H34N4O3. The van der Waals surface area contributed by atoms with Gasteiger partial charge in [-0.3, -0.25) is 9.59 Å². The molecule has 0 radical (unpaired) electrons. The second-order valence-corrected chi connectivity index (χ2v) is 9.92. The number of pyridine rings is 1. The van der Waals surface area contributed by atoms with Crippen molar-refractivity contribution in [3.8, 4) is 17.0 Å². The van der Waals surface area contributed by atoms with Crippen LogP contribution in [0.25, 0.3) is 22.2 Å². The summed E-state index contributed by atoms with van der Waals surface area (Å²) in [6, 6.07) is 35.3. The molecule has 0 aliphatic heterocycles. The van der Waals surface area contributed by atoms with Crippen molar-refractivity contribution in [3.63, 3.8) is 0 Å². The van der Waals surface area contributed by atoms with Crippen molar-refractivity contribution in [3.05, 3.63) is 132 Å². The van der Waals surface area contributed by atoms with Gasteiger partial charge in [-0.2, -0.15) is 0 Å². The smallest absolute Gasteiger partial charge is 0.256 e. The first-order valence-electron chi connectivity index (χ1n) is 14.1. The van der Waals surface area contributed by atoms with E-state index < -0.39 is 6.04 Å². The lowest BCUT2D eigenvalue weighted by atomic mass is 10.00. The zero-order valence-corrected chi connectivity index (χ0v) is 23.5. The Morgan fingerprint density at radius 3 is 2.07 bits per heavy atom. The van der Waals surface area contributed by atoms with Gasteiger partial charge in [0, 0.05) is 10.9 Å². The molecule has 42 heavy (non-hydrogen) atoms. The summed E-state index contributed by atoms with van der Waals surface area (Å²) in [6.07, 6.45) is 0.716. The Kier molecular flexibility index (Phi) is 9.21. The molecule has 0 saturated heterocycles. The van der Waals surface area contributed by atoms with Crippen LogP contribution in [0.15, 0.2) is 115 Å². The van der Waals surface area contributed by atoms with Crippen LogP contribution in [0.2, 0.25) is 0 Å². The summed E-state index contributed by atoms with van der Waals surface area (Å²) in [5, 5.41) is 6.75. The molecule has 1 heterocycles. The van der Waals surface area contributed by atoms with Crippen LogP contribution in [-0.4, -0.2) is 29.9 Å². The van der Waals surface area contributed by atoms with Crippen LogP contribution in [0.3, 0.4) is 0 Å². The number of para-hydroxylation sites is 1. The first-order valence-corrected chi connectivity index (χ1v) is 14.1. The third-order valence-corrected chi connectivity index (χ3v) is 7.13. The first-order chi connectivity index (χ1) is 20.6. The van der Waals surface area contributed by atoms with Gasteiger partial charge in [-0.1, -0.05) is 116 Å². The maximum atomic E-state index is 14.1. The molecule has 0 aliphatic carbocycles. The third-order valence-electron chi connectivity index (χ3n) is 7.13. The Hall–Kier alpha value is -5.01. The predicted octanol–water partition coefficient (Wildman–Crippen LogP) is 5.98. The zero-order valence-electron chi connectivity index (χ0n) is 23.5. The van der Waals surface area contributed by atoms with Gasteiger partial charge >= 0.3 is 0 Å². The first kappa shape index (κ1) is 28.5. The predicted molar refractivity (Wildman–Crippen MR) is 166 cm³/mol. The molecule has 5 rings (SSSR count). The second kappa shape index (κ2) is 13.6. The Labute approximate surface area is 245 Å². The fraction of sp³-hybridized carbons (Fsp3) is 0.171. The average Bonchev–Trinajstić information content (AvgIpc) is 3.05. The minimum Gasteiger partial charge on any atom is -0.489 e. The van der Waals surface area contributed by atoms with Gasteiger partial charge in [0.25, 0.3) is 5.91 Å². The highest BCUT2D eigenvalue weighted by molar-refractivity contribution is 6.10. The third kappa shape index (κ3) is 6.48. The van der Waals surface area contributed by atoms with Gasteiger partial charge in [-0.05, 0) is 23.6 Å². The van der Waals surface area contributed by atoms with E-state index in [9.17, 15) is 9.59 Å². The number of hydrogen-bond donors (Lipinski definition) is 3. The zero-order chi connectivity index (χ0) is 29.3. The summed E-state index contributed by atoms with van der Waals surface area (Å²) in [4.78, 5) is 31.7. The summed E-state index contributed by atoms with van der Waals surface area (Å²) >= 11 is 0. The van der Waals surface area contributed by atoms with E-state index >= 15 is 0 Å². The number of nitrogens with one attached hydrogen (secondary N) is 2. The van der Waals surface area contributed by atoms with Gasteiger partial charge in [-0.15, -0.1) is 0 Å². The van der Waals surface area contributed by atoms with E-state index in [4.69, 9.17) is 15.5 Å². The van der Waals surface area contributed by atoms with E-state index in [1.807, 2.05) is 122 Å². The molecule has 1 aromatic heterocycles. The van der Waals surface area contributed by atoms with Crippen molar-refractivity contribution in [2.45, 2.75) is 25.4 Å². The van der Waals surface area contributed by atoms with Crippen molar-refractivity contribution >= 4 is 22.7 Å². The number of benzene rings is 4. The number of carbonyl (C=O) groups is 2. The van der Waals surface area contributed by atoms with Crippen LogP contribution >= 0.6 is 0 Å². The standard InChI is InChI=1S/C35H34N4O3/c1-2-28(24-14-6-3-7-15-24)39-34(40)30-27-20-12-13-21-29(27)38-32(26-18-10-5-11-19-26)33(30)42-23-22-37-35(41)31(36)25-16-8-4-9-17-25/h3-21,28,31H,2,22-23,36H2,1H3,(H,37,41)(H,39,40)/t28-,31?/m0/s1. The van der Waals surface area contributed by atoms with E-state index in [-0.39, 0.29) is 31.0 Å². The number of hydrogen-bond acceptors (Lipinski definition) is 5. The van der Waals surface area contributed by atoms with Gasteiger partial charge in [0.1, 0.15) is 18.3 Å². The average molecular weight is 559 g/mol. The maximum Gasteiger partial charge on any atom is 0.256 e. The fourth-order valence-electron chi connectivity index (χ4n) is 4.94. The molecule has 4 aromatic carbocycles. The molecule has 7 nitrogen and oxygen atoms in total. The highest BCUT2D eigenvalue weighted by Gasteiger charge is 2.25. The molecule has 0 aliphatic rings. The highest BCUT2D eigenvalue weighted by atomic mass is 16.5. The Morgan fingerprint density at radius 1 is 0.810 bits per heavy atom. The van der Waals surface area contributed by atoms with E-state index in [0.29, 0.717) is 34.3 Å². The summed E-state index contributed by atoms with van der Waals surface area (Å²) in [5.74, 6) is -0.204. The summed E-state index contributed by atoms with van der Waals surface area (Å²) in [5.41, 5.74) is 10.4. The minimum atomic E-state index is -0.793. The SMILES string of the molecule is CC[C@H](NC(=O)c1c(OCCNC(=O)C(N)c2ccccc2)c(-c2ccccc2)nc2ccccc12)c1ccccc1. The molecule has 4 N–H and O–H groups in total. The van der Waals surface area contributed by atoms with Crippen LogP contribution in [0.5, 0.6) is 5.75 Å². The quantitative estimate of drug-likeness (QED) is 0.173. The van der Waals surface area contributed by atoms with Gasteiger partial charge in [0.15, 0.2) is 5.75 Å². The van der Waals surface area contributed by atoms with Crippen LogP contribution in [0, 0.1) is 0 Å². The number of aromatic nitrogens is 1. The number of rotatable bonds is 11. The molecule has 1 unspecified atom stereocenters. The Bertz CT molecular complexity index is 1640. The molecule has 5 aromatic rings. The van der Waals surface area contributed by atoms with Gasteiger partial charge in [0.05, 0.1) is 23.7 Å². The van der Waals surface area contributed by atoms with Gasteiger partial charge in [0.2, 0.25) is 5.91 Å². The Morgan fingerprint density at radius 2 is 1.40 bits per heavy atom. The van der Waals surface area contributed by atoms with Crippen molar-refractivity contribution in [2.24, 2.45) is 5.73 Å². The largest absolute Gasteiger partial charge is 0.489 e. The number of fused-ring (bicyclic) bond motifs is 1. The van der Waals surface area contributed by atoms with Gasteiger partial charge in [-0.25, -0.2) is 4.98 Å². The maximum absolute atomic E-state index is 14.1. The molecule has 0 spiro atoms. The van der Waals surface area contributed by atoms with Crippen LogP contribution in [0.4, 0.5) is 0 Å². The van der Waals surface area contributed by atoms with Crippen molar-refractivity contribution in [2.75, 3.05) is 13.2 Å². The summed E-state index contributed by atoms with van der Waals surface area (Å²) < 4.78 is 6.33. The molecule has 2 amide bonds.